The topological polar surface area (TPSA) is 87.1 Å². The third-order valence-corrected chi connectivity index (χ3v) is 5.20. The van der Waals surface area contributed by atoms with Gasteiger partial charge in [-0.1, -0.05) is 49.4 Å². The Morgan fingerprint density at radius 2 is 1.63 bits per heavy atom. The summed E-state index contributed by atoms with van der Waals surface area (Å²) in [5.74, 6) is 0.865. The average Bonchev–Trinajstić information content (AvgIpc) is 3.16. The minimum Gasteiger partial charge on any atom is -0.379 e. The zero-order chi connectivity index (χ0) is 21.1. The number of anilines is 2. The molecular weight excluding hydrogens is 376 g/mol. The summed E-state index contributed by atoms with van der Waals surface area (Å²) in [6.07, 6.45) is 1.02. The van der Waals surface area contributed by atoms with E-state index in [1.807, 2.05) is 6.07 Å². The van der Waals surface area contributed by atoms with Gasteiger partial charge in [0.05, 0.1) is 12.2 Å². The van der Waals surface area contributed by atoms with Gasteiger partial charge >= 0.3 is 0 Å². The van der Waals surface area contributed by atoms with Crippen LogP contribution in [-0.4, -0.2) is 19.6 Å². The van der Waals surface area contributed by atoms with Crippen LogP contribution in [0.1, 0.15) is 34.9 Å². The number of hydrogen-bond donors (Lipinski definition) is 3. The van der Waals surface area contributed by atoms with E-state index in [-0.39, 0.29) is 5.56 Å². The van der Waals surface area contributed by atoms with E-state index in [1.54, 1.807) is 0 Å². The Bertz CT molecular complexity index is 1200. The molecule has 0 fully saturated rings. The van der Waals surface area contributed by atoms with Crippen molar-refractivity contribution < 1.29 is 0 Å². The highest BCUT2D eigenvalue weighted by Crippen LogP contribution is 2.20. The Labute approximate surface area is 175 Å². The number of aromatic nitrogens is 4. The van der Waals surface area contributed by atoms with Gasteiger partial charge in [-0.15, -0.1) is 0 Å². The van der Waals surface area contributed by atoms with Crippen molar-refractivity contribution in [3.63, 3.8) is 0 Å². The molecule has 4 rings (SSSR count). The molecule has 154 valence electrons. The second kappa shape index (κ2) is 8.41. The van der Waals surface area contributed by atoms with E-state index in [2.05, 4.69) is 82.9 Å². The van der Waals surface area contributed by atoms with E-state index >= 15 is 0 Å². The number of hydrogen-bond acceptors (Lipinski definition) is 5. The van der Waals surface area contributed by atoms with Gasteiger partial charge in [-0.2, -0.15) is 9.50 Å². The highest BCUT2D eigenvalue weighted by Gasteiger charge is 2.09. The van der Waals surface area contributed by atoms with Gasteiger partial charge in [-0.05, 0) is 42.5 Å². The largest absolute Gasteiger partial charge is 0.379 e. The van der Waals surface area contributed by atoms with Crippen LogP contribution in [0.2, 0.25) is 0 Å². The molecule has 0 atom stereocenters. The molecule has 2 heterocycles. The predicted octanol–water partition coefficient (Wildman–Crippen LogP) is 3.82. The van der Waals surface area contributed by atoms with Gasteiger partial charge in [0.1, 0.15) is 0 Å². The molecule has 30 heavy (non-hydrogen) atoms. The van der Waals surface area contributed by atoms with Crippen LogP contribution in [0.5, 0.6) is 0 Å². The SMILES string of the molecule is CCc1ccc(CNc2nc3nc(CNc4c(C)cccc4C)cc(=O)n3[nH]2)cc1. The van der Waals surface area contributed by atoms with Crippen molar-refractivity contribution in [3.8, 4) is 0 Å². The van der Waals surface area contributed by atoms with Crippen molar-refractivity contribution >= 4 is 17.4 Å². The van der Waals surface area contributed by atoms with Gasteiger partial charge in [0.25, 0.3) is 11.3 Å². The second-order valence-electron chi connectivity index (χ2n) is 7.44. The van der Waals surface area contributed by atoms with Gasteiger partial charge in [-0.3, -0.25) is 9.89 Å². The molecule has 0 aliphatic heterocycles. The molecule has 0 aliphatic rings. The molecule has 0 saturated heterocycles. The maximum Gasteiger partial charge on any atom is 0.274 e. The molecule has 4 aromatic rings. The van der Waals surface area contributed by atoms with Gasteiger partial charge in [0.2, 0.25) is 5.95 Å². The first-order chi connectivity index (χ1) is 14.5. The number of aromatic amines is 1. The molecule has 0 aliphatic carbocycles. The van der Waals surface area contributed by atoms with Crippen LogP contribution in [0.3, 0.4) is 0 Å². The molecule has 7 nitrogen and oxygen atoms in total. The molecule has 0 unspecified atom stereocenters. The quantitative estimate of drug-likeness (QED) is 0.437. The van der Waals surface area contributed by atoms with Crippen LogP contribution in [0, 0.1) is 13.8 Å². The molecule has 0 bridgehead atoms. The number of benzene rings is 2. The first-order valence-electron chi connectivity index (χ1n) is 10.1. The third kappa shape index (κ3) is 4.20. The molecular formula is C23H26N6O. The van der Waals surface area contributed by atoms with Crippen molar-refractivity contribution in [1.82, 2.24) is 19.6 Å². The molecule has 0 radical (unpaired) electrons. The first kappa shape index (κ1) is 19.7. The molecule has 3 N–H and O–H groups in total. The van der Waals surface area contributed by atoms with Crippen LogP contribution in [0.25, 0.3) is 5.78 Å². The summed E-state index contributed by atoms with van der Waals surface area (Å²) in [5, 5.41) is 9.59. The van der Waals surface area contributed by atoms with Gasteiger partial charge < -0.3 is 10.6 Å². The van der Waals surface area contributed by atoms with Gasteiger partial charge in [0, 0.05) is 18.3 Å². The second-order valence-corrected chi connectivity index (χ2v) is 7.44. The average molecular weight is 403 g/mol. The van der Waals surface area contributed by atoms with Crippen LogP contribution >= 0.6 is 0 Å². The van der Waals surface area contributed by atoms with E-state index in [4.69, 9.17) is 0 Å². The Kier molecular flexibility index (Phi) is 5.52. The fourth-order valence-corrected chi connectivity index (χ4v) is 3.45. The summed E-state index contributed by atoms with van der Waals surface area (Å²) < 4.78 is 1.35. The summed E-state index contributed by atoms with van der Waals surface area (Å²) >= 11 is 0. The summed E-state index contributed by atoms with van der Waals surface area (Å²) in [4.78, 5) is 21.5. The molecule has 7 heteroatoms. The van der Waals surface area contributed by atoms with E-state index in [0.29, 0.717) is 30.5 Å². The lowest BCUT2D eigenvalue weighted by Gasteiger charge is -2.11. The standard InChI is InChI=1S/C23H26N6O/c1-4-17-8-10-18(11-9-17)13-25-22-27-23-26-19(12-20(30)29(23)28-22)14-24-21-15(2)6-5-7-16(21)3/h5-12,24H,4,13-14H2,1-3H3,(H2,25,26,27,28). The first-order valence-corrected chi connectivity index (χ1v) is 10.1. The zero-order valence-corrected chi connectivity index (χ0v) is 17.5. The maximum absolute atomic E-state index is 12.5. The lowest BCUT2D eigenvalue weighted by molar-refractivity contribution is 0.874. The molecule has 0 spiro atoms. The lowest BCUT2D eigenvalue weighted by Crippen LogP contribution is -2.17. The third-order valence-electron chi connectivity index (χ3n) is 5.20. The fraction of sp³-hybridized carbons (Fsp3) is 0.261. The van der Waals surface area contributed by atoms with Crippen molar-refractivity contribution in [2.24, 2.45) is 0 Å². The normalized spacial score (nSPS) is 11.0. The Morgan fingerprint density at radius 1 is 0.933 bits per heavy atom. The molecule has 0 amide bonds. The minimum absolute atomic E-state index is 0.189. The fourth-order valence-electron chi connectivity index (χ4n) is 3.45. The minimum atomic E-state index is -0.189. The van der Waals surface area contributed by atoms with Crippen LogP contribution in [-0.2, 0) is 19.5 Å². The van der Waals surface area contributed by atoms with Gasteiger partial charge in [-0.25, -0.2) is 4.98 Å². The number of aryl methyl sites for hydroxylation is 3. The van der Waals surface area contributed by atoms with E-state index in [1.165, 1.54) is 16.1 Å². The van der Waals surface area contributed by atoms with Gasteiger partial charge in [0.15, 0.2) is 0 Å². The Hall–Kier alpha value is -3.61. The summed E-state index contributed by atoms with van der Waals surface area (Å²) in [6.45, 7) is 7.32. The molecule has 2 aromatic heterocycles. The number of nitrogens with zero attached hydrogens (tertiary/aromatic N) is 3. The van der Waals surface area contributed by atoms with Crippen LogP contribution in [0.4, 0.5) is 11.6 Å². The van der Waals surface area contributed by atoms with Crippen LogP contribution in [0.15, 0.2) is 53.3 Å². The maximum atomic E-state index is 12.5. The smallest absolute Gasteiger partial charge is 0.274 e. The van der Waals surface area contributed by atoms with Crippen molar-refractivity contribution in [3.05, 3.63) is 86.8 Å². The number of fused-ring (bicyclic) bond motifs is 1. The van der Waals surface area contributed by atoms with Crippen molar-refractivity contribution in [1.29, 1.82) is 0 Å². The Morgan fingerprint density at radius 3 is 2.33 bits per heavy atom. The highest BCUT2D eigenvalue weighted by molar-refractivity contribution is 5.56. The summed E-state index contributed by atoms with van der Waals surface area (Å²) in [7, 11) is 0. The van der Waals surface area contributed by atoms with E-state index in [9.17, 15) is 4.79 Å². The molecule has 0 saturated carbocycles. The predicted molar refractivity (Wildman–Crippen MR) is 120 cm³/mol. The van der Waals surface area contributed by atoms with E-state index < -0.39 is 0 Å². The molecule has 2 aromatic carbocycles. The van der Waals surface area contributed by atoms with Crippen LogP contribution < -0.4 is 16.2 Å². The number of rotatable bonds is 7. The summed E-state index contributed by atoms with van der Waals surface area (Å²) in [6, 6.07) is 16.1. The van der Waals surface area contributed by atoms with Crippen molar-refractivity contribution in [2.75, 3.05) is 10.6 Å². The number of H-pyrrole nitrogens is 1. The number of para-hydroxylation sites is 1. The van der Waals surface area contributed by atoms with Crippen molar-refractivity contribution in [2.45, 2.75) is 40.3 Å². The monoisotopic (exact) mass is 402 g/mol. The Balaban J connectivity index is 1.49. The summed E-state index contributed by atoms with van der Waals surface area (Å²) in [5.41, 5.74) is 6.30. The zero-order valence-electron chi connectivity index (χ0n) is 17.5. The lowest BCUT2D eigenvalue weighted by atomic mass is 10.1. The highest BCUT2D eigenvalue weighted by atomic mass is 16.1. The van der Waals surface area contributed by atoms with E-state index in [0.717, 1.165) is 28.8 Å². The number of nitrogens with one attached hydrogen (secondary N) is 3.